The molecule has 24 heavy (non-hydrogen) atoms. The van der Waals surface area contributed by atoms with Crippen LogP contribution < -0.4 is 10.0 Å². The molecule has 2 aromatic rings. The Morgan fingerprint density at radius 2 is 1.92 bits per heavy atom. The lowest BCUT2D eigenvalue weighted by molar-refractivity contribution is 0.0944. The molecule has 0 saturated heterocycles. The molecule has 0 fully saturated rings. The minimum atomic E-state index is -3.53. The van der Waals surface area contributed by atoms with Crippen LogP contribution in [0.25, 0.3) is 0 Å². The van der Waals surface area contributed by atoms with Gasteiger partial charge in [-0.15, -0.1) is 0 Å². The average molecular weight is 371 g/mol. The van der Waals surface area contributed by atoms with Crippen molar-refractivity contribution in [1.29, 1.82) is 0 Å². The van der Waals surface area contributed by atoms with E-state index < -0.39 is 10.0 Å². The van der Waals surface area contributed by atoms with E-state index in [2.05, 4.69) is 15.1 Å². The van der Waals surface area contributed by atoms with Crippen molar-refractivity contribution in [3.63, 3.8) is 0 Å². The lowest BCUT2D eigenvalue weighted by atomic mass is 10.2. The summed E-state index contributed by atoms with van der Waals surface area (Å²) in [4.78, 5) is 12.2. The van der Waals surface area contributed by atoms with E-state index in [1.807, 2.05) is 6.92 Å². The number of hydrogen-bond acceptors (Lipinski definition) is 4. The third kappa shape index (κ3) is 4.56. The fourth-order valence-corrected chi connectivity index (χ4v) is 3.37. The van der Waals surface area contributed by atoms with Crippen LogP contribution in [-0.2, 0) is 17.1 Å². The summed E-state index contributed by atoms with van der Waals surface area (Å²) in [5.74, 6) is -0.346. The van der Waals surface area contributed by atoms with Gasteiger partial charge in [-0.05, 0) is 25.5 Å². The highest BCUT2D eigenvalue weighted by molar-refractivity contribution is 7.89. The summed E-state index contributed by atoms with van der Waals surface area (Å²) in [6.07, 6.45) is 1.85. The number of hydrogen-bond donors (Lipinski definition) is 2. The van der Waals surface area contributed by atoms with Crippen molar-refractivity contribution in [2.75, 3.05) is 13.1 Å². The Morgan fingerprint density at radius 3 is 2.50 bits per heavy atom. The Labute approximate surface area is 146 Å². The zero-order valence-corrected chi connectivity index (χ0v) is 15.0. The Morgan fingerprint density at radius 1 is 1.25 bits per heavy atom. The molecule has 2 rings (SSSR count). The third-order valence-electron chi connectivity index (χ3n) is 3.37. The van der Waals surface area contributed by atoms with Gasteiger partial charge in [0, 0.05) is 20.1 Å². The van der Waals surface area contributed by atoms with Crippen molar-refractivity contribution >= 4 is 27.5 Å². The van der Waals surface area contributed by atoms with Gasteiger partial charge in [-0.3, -0.25) is 9.48 Å². The summed E-state index contributed by atoms with van der Waals surface area (Å²) in [5.41, 5.74) is 1.27. The number of nitrogens with zero attached hydrogens (tertiary/aromatic N) is 2. The number of benzene rings is 1. The number of aryl methyl sites for hydroxylation is 2. The number of halogens is 1. The van der Waals surface area contributed by atoms with E-state index in [0.717, 1.165) is 5.56 Å². The quantitative estimate of drug-likeness (QED) is 0.722. The number of carbonyl (C=O) groups excluding carboxylic acids is 1. The fraction of sp³-hybridized carbons (Fsp3) is 0.333. The Balaban J connectivity index is 1.79. The van der Waals surface area contributed by atoms with Gasteiger partial charge in [-0.1, -0.05) is 29.3 Å². The van der Waals surface area contributed by atoms with Crippen LogP contribution in [0.5, 0.6) is 0 Å². The van der Waals surface area contributed by atoms with Crippen molar-refractivity contribution in [3.05, 3.63) is 46.7 Å². The highest BCUT2D eigenvalue weighted by Crippen LogP contribution is 2.13. The van der Waals surface area contributed by atoms with Gasteiger partial charge >= 0.3 is 0 Å². The summed E-state index contributed by atoms with van der Waals surface area (Å²) in [6, 6.07) is 6.60. The zero-order chi connectivity index (χ0) is 17.7. The monoisotopic (exact) mass is 370 g/mol. The molecule has 0 unspecified atom stereocenters. The molecule has 0 saturated carbocycles. The smallest absolute Gasteiger partial charge is 0.271 e. The first-order chi connectivity index (χ1) is 11.3. The van der Waals surface area contributed by atoms with E-state index in [4.69, 9.17) is 11.6 Å². The topological polar surface area (TPSA) is 93.1 Å². The molecular formula is C15H19ClN4O3S. The highest BCUT2D eigenvalue weighted by atomic mass is 35.5. The number of carbonyl (C=O) groups is 1. The van der Waals surface area contributed by atoms with E-state index in [1.54, 1.807) is 31.3 Å². The fourth-order valence-electron chi connectivity index (χ4n) is 2.05. The summed E-state index contributed by atoms with van der Waals surface area (Å²) in [6.45, 7) is 2.42. The highest BCUT2D eigenvalue weighted by Gasteiger charge is 2.15. The van der Waals surface area contributed by atoms with Crippen LogP contribution in [0.1, 0.15) is 22.5 Å². The van der Waals surface area contributed by atoms with Gasteiger partial charge in [0.2, 0.25) is 10.0 Å². The van der Waals surface area contributed by atoms with Crippen LogP contribution in [-0.4, -0.2) is 37.2 Å². The summed E-state index contributed by atoms with van der Waals surface area (Å²) >= 11 is 5.88. The van der Waals surface area contributed by atoms with Crippen molar-refractivity contribution in [2.24, 2.45) is 7.05 Å². The SMILES string of the molecule is Cc1ccc(S(=O)(=O)NCCCNC(=O)c2c(Cl)cnn2C)cc1. The van der Waals surface area contributed by atoms with Gasteiger partial charge in [0.15, 0.2) is 0 Å². The first-order valence-corrected chi connectivity index (χ1v) is 9.19. The lowest BCUT2D eigenvalue weighted by Gasteiger charge is -2.08. The van der Waals surface area contributed by atoms with E-state index in [-0.39, 0.29) is 28.1 Å². The predicted octanol–water partition coefficient (Wildman–Crippen LogP) is 1.48. The molecule has 0 spiro atoms. The van der Waals surface area contributed by atoms with Gasteiger partial charge in [0.1, 0.15) is 5.69 Å². The van der Waals surface area contributed by atoms with Crippen LogP contribution in [0, 0.1) is 6.92 Å². The standard InChI is InChI=1S/C15H19ClN4O3S/c1-11-4-6-12(7-5-11)24(22,23)19-9-3-8-17-15(21)14-13(16)10-18-20(14)2/h4-7,10,19H,3,8-9H2,1-2H3,(H,17,21). The normalized spacial score (nSPS) is 11.5. The van der Waals surface area contributed by atoms with Crippen LogP contribution in [0.15, 0.2) is 35.4 Å². The van der Waals surface area contributed by atoms with Gasteiger partial charge in [-0.25, -0.2) is 13.1 Å². The summed E-state index contributed by atoms with van der Waals surface area (Å²) < 4.78 is 28.1. The molecule has 7 nitrogen and oxygen atoms in total. The number of aromatic nitrogens is 2. The Bertz CT molecular complexity index is 796. The van der Waals surface area contributed by atoms with Crippen LogP contribution >= 0.6 is 11.6 Å². The zero-order valence-electron chi connectivity index (χ0n) is 13.4. The molecule has 9 heteroatoms. The van der Waals surface area contributed by atoms with Crippen LogP contribution in [0.4, 0.5) is 0 Å². The number of amides is 1. The van der Waals surface area contributed by atoms with Crippen molar-refractivity contribution < 1.29 is 13.2 Å². The predicted molar refractivity (Wildman–Crippen MR) is 91.5 cm³/mol. The molecule has 0 radical (unpaired) electrons. The maximum Gasteiger partial charge on any atom is 0.271 e. The molecule has 0 atom stereocenters. The molecule has 0 aliphatic carbocycles. The minimum absolute atomic E-state index is 0.218. The summed E-state index contributed by atoms with van der Waals surface area (Å²) in [7, 11) is -1.91. The van der Waals surface area contributed by atoms with Gasteiger partial charge < -0.3 is 5.32 Å². The molecule has 1 heterocycles. The average Bonchev–Trinajstić information content (AvgIpc) is 2.86. The first kappa shape index (κ1) is 18.4. The molecular weight excluding hydrogens is 352 g/mol. The second-order valence-electron chi connectivity index (χ2n) is 5.29. The van der Waals surface area contributed by atoms with Crippen LogP contribution in [0.3, 0.4) is 0 Å². The third-order valence-corrected chi connectivity index (χ3v) is 5.13. The molecule has 0 bridgehead atoms. The summed E-state index contributed by atoms with van der Waals surface area (Å²) in [5, 5.41) is 6.84. The number of sulfonamides is 1. The molecule has 130 valence electrons. The second-order valence-corrected chi connectivity index (χ2v) is 7.46. The van der Waals surface area contributed by atoms with E-state index in [9.17, 15) is 13.2 Å². The number of nitrogens with one attached hydrogen (secondary N) is 2. The van der Waals surface area contributed by atoms with Crippen molar-refractivity contribution in [1.82, 2.24) is 19.8 Å². The molecule has 1 aromatic carbocycles. The lowest BCUT2D eigenvalue weighted by Crippen LogP contribution is -2.31. The van der Waals surface area contributed by atoms with Crippen molar-refractivity contribution in [3.8, 4) is 0 Å². The molecule has 0 aliphatic heterocycles. The minimum Gasteiger partial charge on any atom is -0.351 e. The van der Waals surface area contributed by atoms with Crippen molar-refractivity contribution in [2.45, 2.75) is 18.2 Å². The molecule has 2 N–H and O–H groups in total. The van der Waals surface area contributed by atoms with Gasteiger partial charge in [-0.2, -0.15) is 5.10 Å². The second kappa shape index (κ2) is 7.78. The number of rotatable bonds is 7. The molecule has 1 amide bonds. The Kier molecular flexibility index (Phi) is 5.98. The largest absolute Gasteiger partial charge is 0.351 e. The van der Waals surface area contributed by atoms with Crippen LogP contribution in [0.2, 0.25) is 5.02 Å². The van der Waals surface area contributed by atoms with E-state index >= 15 is 0 Å². The molecule has 0 aliphatic rings. The van der Waals surface area contributed by atoms with E-state index in [0.29, 0.717) is 13.0 Å². The first-order valence-electron chi connectivity index (χ1n) is 7.33. The maximum absolute atomic E-state index is 12.1. The maximum atomic E-state index is 12.1. The van der Waals surface area contributed by atoms with Gasteiger partial charge in [0.25, 0.3) is 5.91 Å². The van der Waals surface area contributed by atoms with E-state index in [1.165, 1.54) is 10.9 Å². The van der Waals surface area contributed by atoms with Gasteiger partial charge in [0.05, 0.1) is 16.1 Å². The Hall–Kier alpha value is -1.90. The molecule has 1 aromatic heterocycles.